The second kappa shape index (κ2) is 6.71. The summed E-state index contributed by atoms with van der Waals surface area (Å²) in [5, 5.41) is 0. The molecule has 1 heterocycles. The third-order valence-corrected chi connectivity index (χ3v) is 6.89. The summed E-state index contributed by atoms with van der Waals surface area (Å²) in [6.45, 7) is 4.12. The molecule has 5 nitrogen and oxygen atoms in total. The molecule has 1 aromatic rings. The second-order valence-electron chi connectivity index (χ2n) is 6.46. The molecule has 1 saturated carbocycles. The zero-order valence-electron chi connectivity index (χ0n) is 13.6. The minimum absolute atomic E-state index is 0.117. The van der Waals surface area contributed by atoms with Crippen LogP contribution in [0, 0.1) is 0 Å². The van der Waals surface area contributed by atoms with Crippen molar-refractivity contribution in [3.63, 3.8) is 0 Å². The Morgan fingerprint density at radius 2 is 1.74 bits per heavy atom. The van der Waals surface area contributed by atoms with E-state index in [0.29, 0.717) is 24.7 Å². The molecule has 0 atom stereocenters. The summed E-state index contributed by atoms with van der Waals surface area (Å²) < 4.78 is 27.1. The van der Waals surface area contributed by atoms with Gasteiger partial charge in [0.15, 0.2) is 5.78 Å². The van der Waals surface area contributed by atoms with Gasteiger partial charge < -0.3 is 0 Å². The van der Waals surface area contributed by atoms with Crippen LogP contribution >= 0.6 is 0 Å². The van der Waals surface area contributed by atoms with Crippen molar-refractivity contribution in [2.45, 2.75) is 43.5 Å². The maximum absolute atomic E-state index is 12.8. The van der Waals surface area contributed by atoms with E-state index in [-0.39, 0.29) is 10.7 Å². The molecular formula is C17H24N2O3S. The van der Waals surface area contributed by atoms with Crippen molar-refractivity contribution in [2.75, 3.05) is 26.2 Å². The van der Waals surface area contributed by atoms with Gasteiger partial charge in [-0.05, 0) is 31.9 Å². The molecule has 0 unspecified atom stereocenters. The average molecular weight is 336 g/mol. The molecule has 1 aliphatic carbocycles. The first-order chi connectivity index (χ1) is 11.0. The molecule has 3 rings (SSSR count). The largest absolute Gasteiger partial charge is 0.298 e. The van der Waals surface area contributed by atoms with E-state index in [4.69, 9.17) is 0 Å². The summed E-state index contributed by atoms with van der Waals surface area (Å²) in [5.41, 5.74) is 0.440. The smallest absolute Gasteiger partial charge is 0.243 e. The minimum Gasteiger partial charge on any atom is -0.298 e. The van der Waals surface area contributed by atoms with Crippen LogP contribution in [0.2, 0.25) is 0 Å². The number of carbonyl (C=O) groups is 1. The number of hydrogen-bond donors (Lipinski definition) is 0. The van der Waals surface area contributed by atoms with Gasteiger partial charge in [-0.25, -0.2) is 8.42 Å². The van der Waals surface area contributed by atoms with Crippen LogP contribution in [0.5, 0.6) is 0 Å². The summed E-state index contributed by atoms with van der Waals surface area (Å²) in [7, 11) is -3.51. The number of rotatable bonds is 4. The highest BCUT2D eigenvalue weighted by atomic mass is 32.2. The molecule has 0 N–H and O–H groups in total. The number of hydrogen-bond acceptors (Lipinski definition) is 4. The molecule has 6 heteroatoms. The molecule has 23 heavy (non-hydrogen) atoms. The number of benzene rings is 1. The summed E-state index contributed by atoms with van der Waals surface area (Å²) in [6, 6.07) is 6.99. The first kappa shape index (κ1) is 16.6. The van der Waals surface area contributed by atoms with Gasteiger partial charge in [-0.3, -0.25) is 9.69 Å². The molecule has 0 amide bonds. The van der Waals surface area contributed by atoms with Crippen molar-refractivity contribution in [1.29, 1.82) is 0 Å². The normalized spacial score (nSPS) is 21.6. The van der Waals surface area contributed by atoms with Gasteiger partial charge in [0.05, 0.1) is 4.90 Å². The van der Waals surface area contributed by atoms with Crippen LogP contribution < -0.4 is 0 Å². The lowest BCUT2D eigenvalue weighted by Gasteiger charge is -2.37. The Kier molecular flexibility index (Phi) is 4.85. The fourth-order valence-electron chi connectivity index (χ4n) is 3.60. The molecular weight excluding hydrogens is 312 g/mol. The Bertz CT molecular complexity index is 673. The van der Waals surface area contributed by atoms with Crippen LogP contribution in [0.1, 0.15) is 43.0 Å². The molecule has 126 valence electrons. The van der Waals surface area contributed by atoms with Crippen molar-refractivity contribution < 1.29 is 13.2 Å². The van der Waals surface area contributed by atoms with Crippen LogP contribution in [0.15, 0.2) is 29.2 Å². The van der Waals surface area contributed by atoms with Crippen molar-refractivity contribution >= 4 is 15.8 Å². The Morgan fingerprint density at radius 3 is 2.35 bits per heavy atom. The third kappa shape index (κ3) is 3.49. The van der Waals surface area contributed by atoms with Crippen molar-refractivity contribution in [2.24, 2.45) is 0 Å². The Morgan fingerprint density at radius 1 is 1.09 bits per heavy atom. The third-order valence-electron chi connectivity index (χ3n) is 4.99. The van der Waals surface area contributed by atoms with E-state index in [1.807, 2.05) is 0 Å². The van der Waals surface area contributed by atoms with E-state index >= 15 is 0 Å². The van der Waals surface area contributed by atoms with E-state index < -0.39 is 10.0 Å². The molecule has 0 radical (unpaired) electrons. The zero-order chi connectivity index (χ0) is 16.4. The van der Waals surface area contributed by atoms with Crippen molar-refractivity contribution in [1.82, 2.24) is 9.21 Å². The van der Waals surface area contributed by atoms with E-state index in [1.165, 1.54) is 38.7 Å². The Hall–Kier alpha value is -1.24. The van der Waals surface area contributed by atoms with Gasteiger partial charge in [-0.1, -0.05) is 25.0 Å². The van der Waals surface area contributed by atoms with Crippen LogP contribution in [0.4, 0.5) is 0 Å². The van der Waals surface area contributed by atoms with Crippen LogP contribution in [-0.2, 0) is 10.0 Å². The van der Waals surface area contributed by atoms with Gasteiger partial charge in [0, 0.05) is 37.8 Å². The number of piperazine rings is 1. The molecule has 0 spiro atoms. The topological polar surface area (TPSA) is 57.7 Å². The highest BCUT2D eigenvalue weighted by Gasteiger charge is 2.32. The maximum Gasteiger partial charge on any atom is 0.243 e. The lowest BCUT2D eigenvalue weighted by Crippen LogP contribution is -2.51. The molecule has 1 saturated heterocycles. The highest BCUT2D eigenvalue weighted by molar-refractivity contribution is 7.89. The zero-order valence-corrected chi connectivity index (χ0v) is 14.4. The van der Waals surface area contributed by atoms with Gasteiger partial charge >= 0.3 is 0 Å². The predicted octanol–water partition coefficient (Wildman–Crippen LogP) is 2.14. The van der Waals surface area contributed by atoms with E-state index in [9.17, 15) is 13.2 Å². The number of nitrogens with zero attached hydrogens (tertiary/aromatic N) is 2. The predicted molar refractivity (Wildman–Crippen MR) is 89.0 cm³/mol. The Labute approximate surface area is 138 Å². The van der Waals surface area contributed by atoms with Crippen LogP contribution in [0.25, 0.3) is 0 Å². The number of carbonyl (C=O) groups excluding carboxylic acids is 1. The highest BCUT2D eigenvalue weighted by Crippen LogP contribution is 2.26. The van der Waals surface area contributed by atoms with Gasteiger partial charge in [-0.15, -0.1) is 0 Å². The van der Waals surface area contributed by atoms with Gasteiger partial charge in [0.1, 0.15) is 0 Å². The summed E-state index contributed by atoms with van der Waals surface area (Å²) in [4.78, 5) is 14.1. The van der Waals surface area contributed by atoms with Gasteiger partial charge in [0.2, 0.25) is 10.0 Å². The van der Waals surface area contributed by atoms with Crippen molar-refractivity contribution in [3.05, 3.63) is 29.8 Å². The second-order valence-corrected chi connectivity index (χ2v) is 8.40. The number of Topliss-reactive ketones (excluding diaryl/α,β-unsaturated/α-hetero) is 1. The first-order valence-corrected chi connectivity index (χ1v) is 9.78. The standard InChI is InChI=1S/C17H24N2O3S/c1-14(20)15-5-4-8-17(13-15)23(21,22)19-11-9-18(10-12-19)16-6-2-3-7-16/h4-5,8,13,16H,2-3,6-7,9-12H2,1H3. The molecule has 1 aromatic carbocycles. The van der Waals surface area contributed by atoms with Gasteiger partial charge in [0.25, 0.3) is 0 Å². The minimum atomic E-state index is -3.51. The molecule has 1 aliphatic heterocycles. The van der Waals surface area contributed by atoms with Crippen LogP contribution in [0.3, 0.4) is 0 Å². The monoisotopic (exact) mass is 336 g/mol. The quantitative estimate of drug-likeness (QED) is 0.791. The summed E-state index contributed by atoms with van der Waals surface area (Å²) >= 11 is 0. The van der Waals surface area contributed by atoms with E-state index in [1.54, 1.807) is 22.5 Å². The lowest BCUT2D eigenvalue weighted by atomic mass is 10.2. The average Bonchev–Trinajstić information content (AvgIpc) is 3.09. The molecule has 0 aromatic heterocycles. The molecule has 2 fully saturated rings. The summed E-state index contributed by atoms with van der Waals surface area (Å²) in [5.74, 6) is -0.117. The lowest BCUT2D eigenvalue weighted by molar-refractivity contribution is 0.101. The van der Waals surface area contributed by atoms with E-state index in [2.05, 4.69) is 4.90 Å². The van der Waals surface area contributed by atoms with Crippen molar-refractivity contribution in [3.8, 4) is 0 Å². The molecule has 0 bridgehead atoms. The van der Waals surface area contributed by atoms with Crippen LogP contribution in [-0.4, -0.2) is 55.6 Å². The number of sulfonamides is 1. The fraction of sp³-hybridized carbons (Fsp3) is 0.588. The first-order valence-electron chi connectivity index (χ1n) is 8.34. The SMILES string of the molecule is CC(=O)c1cccc(S(=O)(=O)N2CCN(C3CCCC3)CC2)c1. The Balaban J connectivity index is 1.71. The maximum atomic E-state index is 12.8. The van der Waals surface area contributed by atoms with Gasteiger partial charge in [-0.2, -0.15) is 4.31 Å². The molecule has 2 aliphatic rings. The summed E-state index contributed by atoms with van der Waals surface area (Å²) in [6.07, 6.45) is 5.07. The van der Waals surface area contributed by atoms with E-state index in [0.717, 1.165) is 13.1 Å². The fourth-order valence-corrected chi connectivity index (χ4v) is 5.07. The number of ketones is 1.